The third-order valence-electron chi connectivity index (χ3n) is 7.32. The summed E-state index contributed by atoms with van der Waals surface area (Å²) in [5.74, 6) is 0.501. The van der Waals surface area contributed by atoms with E-state index in [1.54, 1.807) is 0 Å². The van der Waals surface area contributed by atoms with E-state index in [1.165, 1.54) is 22.1 Å². The van der Waals surface area contributed by atoms with Gasteiger partial charge in [0.1, 0.15) is 0 Å². The van der Waals surface area contributed by atoms with Crippen LogP contribution < -0.4 is 5.32 Å². The molecule has 2 N–H and O–H groups in total. The molecule has 35 heavy (non-hydrogen) atoms. The van der Waals surface area contributed by atoms with Crippen LogP contribution in [0, 0.1) is 13.8 Å². The van der Waals surface area contributed by atoms with Crippen molar-refractivity contribution in [3.63, 3.8) is 0 Å². The van der Waals surface area contributed by atoms with Crippen LogP contribution in [-0.2, 0) is 6.42 Å². The lowest BCUT2D eigenvalue weighted by atomic mass is 9.89. The predicted molar refractivity (Wildman–Crippen MR) is 146 cm³/mol. The third kappa shape index (κ3) is 5.44. The molecule has 0 spiro atoms. The predicted octanol–water partition coefficient (Wildman–Crippen LogP) is 7.11. The first-order valence-corrected chi connectivity index (χ1v) is 12.8. The van der Waals surface area contributed by atoms with Crippen molar-refractivity contribution in [1.82, 2.24) is 9.88 Å². The third-order valence-corrected chi connectivity index (χ3v) is 7.56. The first-order valence-electron chi connectivity index (χ1n) is 12.4. The van der Waals surface area contributed by atoms with Gasteiger partial charge in [-0.25, -0.2) is 0 Å². The summed E-state index contributed by atoms with van der Waals surface area (Å²) in [6.45, 7) is 7.40. The molecule has 0 bridgehead atoms. The number of carbonyl (C=O) groups excluding carboxylic acids is 1. The number of H-pyrrole nitrogens is 1. The maximum atomic E-state index is 12.6. The van der Waals surface area contributed by atoms with Crippen molar-refractivity contribution in [2.24, 2.45) is 0 Å². The lowest BCUT2D eigenvalue weighted by Gasteiger charge is -2.32. The topological polar surface area (TPSA) is 48.1 Å². The van der Waals surface area contributed by atoms with E-state index >= 15 is 0 Å². The van der Waals surface area contributed by atoms with Gasteiger partial charge in [0.15, 0.2) is 0 Å². The van der Waals surface area contributed by atoms with Crippen LogP contribution in [0.3, 0.4) is 0 Å². The molecule has 5 heteroatoms. The molecule has 1 aromatic heterocycles. The summed E-state index contributed by atoms with van der Waals surface area (Å²) in [7, 11) is 0. The van der Waals surface area contributed by atoms with Crippen LogP contribution in [-0.4, -0.2) is 35.4 Å². The molecule has 1 aliphatic heterocycles. The fourth-order valence-electron chi connectivity index (χ4n) is 5.13. The molecule has 5 rings (SSSR count). The number of anilines is 1. The molecule has 1 saturated heterocycles. The van der Waals surface area contributed by atoms with Crippen molar-refractivity contribution in [3.05, 3.63) is 99.7 Å². The molecule has 4 nitrogen and oxygen atoms in total. The lowest BCUT2D eigenvalue weighted by molar-refractivity contribution is 0.102. The van der Waals surface area contributed by atoms with Crippen molar-refractivity contribution in [1.29, 1.82) is 0 Å². The Hall–Kier alpha value is -3.08. The zero-order chi connectivity index (χ0) is 24.4. The van der Waals surface area contributed by atoms with E-state index in [4.69, 9.17) is 11.6 Å². The minimum Gasteiger partial charge on any atom is -0.361 e. The van der Waals surface area contributed by atoms with Gasteiger partial charge in [-0.1, -0.05) is 35.4 Å². The van der Waals surface area contributed by atoms with Gasteiger partial charge in [-0.15, -0.1) is 0 Å². The van der Waals surface area contributed by atoms with Gasteiger partial charge in [0.25, 0.3) is 5.91 Å². The first-order chi connectivity index (χ1) is 17.0. The van der Waals surface area contributed by atoms with Gasteiger partial charge in [-0.2, -0.15) is 0 Å². The van der Waals surface area contributed by atoms with Gasteiger partial charge >= 0.3 is 0 Å². The highest BCUT2D eigenvalue weighted by Crippen LogP contribution is 2.34. The van der Waals surface area contributed by atoms with Crippen molar-refractivity contribution >= 4 is 34.1 Å². The molecule has 2 heterocycles. The number of aryl methyl sites for hydroxylation is 2. The van der Waals surface area contributed by atoms with Crippen molar-refractivity contribution in [2.75, 3.05) is 25.0 Å². The summed E-state index contributed by atoms with van der Waals surface area (Å²) in [4.78, 5) is 18.6. The Bertz CT molecular complexity index is 1330. The summed E-state index contributed by atoms with van der Waals surface area (Å²) in [6, 6.07) is 20.0. The number of likely N-dealkylation sites (tertiary alicyclic amines) is 1. The number of hydrogen-bond acceptors (Lipinski definition) is 2. The Kier molecular flexibility index (Phi) is 6.94. The summed E-state index contributed by atoms with van der Waals surface area (Å²) in [5.41, 5.74) is 7.80. The molecule has 1 amide bonds. The molecule has 0 radical (unpaired) electrons. The van der Waals surface area contributed by atoms with Gasteiger partial charge in [-0.3, -0.25) is 4.79 Å². The number of piperidine rings is 1. The van der Waals surface area contributed by atoms with Crippen LogP contribution >= 0.6 is 11.6 Å². The smallest absolute Gasteiger partial charge is 0.255 e. The van der Waals surface area contributed by atoms with E-state index in [-0.39, 0.29) is 5.91 Å². The van der Waals surface area contributed by atoms with Gasteiger partial charge in [0, 0.05) is 39.9 Å². The fraction of sp³-hybridized carbons (Fsp3) is 0.300. The van der Waals surface area contributed by atoms with E-state index in [2.05, 4.69) is 52.6 Å². The highest BCUT2D eigenvalue weighted by Gasteiger charge is 2.23. The number of benzene rings is 3. The molecule has 1 fully saturated rings. The molecule has 0 saturated carbocycles. The van der Waals surface area contributed by atoms with Crippen LogP contribution in [0.25, 0.3) is 10.9 Å². The Morgan fingerprint density at radius 3 is 2.57 bits per heavy atom. The van der Waals surface area contributed by atoms with E-state index in [0.717, 1.165) is 60.7 Å². The highest BCUT2D eigenvalue weighted by molar-refractivity contribution is 6.31. The van der Waals surface area contributed by atoms with E-state index < -0.39 is 0 Å². The Morgan fingerprint density at radius 1 is 1.03 bits per heavy atom. The second-order valence-corrected chi connectivity index (χ2v) is 10.2. The SMILES string of the molecule is Cc1ccc(C(=O)Nc2ccc(C)c(CCN3CCC(c4c[nH]c5ccc(Cl)cc45)CC3)c2)cc1. The number of fused-ring (bicyclic) bond motifs is 1. The molecular weight excluding hydrogens is 454 g/mol. The average Bonchev–Trinajstić information content (AvgIpc) is 3.28. The molecule has 180 valence electrons. The molecule has 4 aromatic rings. The van der Waals surface area contributed by atoms with Crippen LogP contribution in [0.1, 0.15) is 51.4 Å². The Balaban J connectivity index is 1.17. The quantitative estimate of drug-likeness (QED) is 0.305. The molecule has 0 aliphatic carbocycles. The van der Waals surface area contributed by atoms with E-state index in [9.17, 15) is 4.79 Å². The van der Waals surface area contributed by atoms with Crippen LogP contribution in [0.15, 0.2) is 66.9 Å². The fourth-order valence-corrected chi connectivity index (χ4v) is 5.30. The number of halogens is 1. The Labute approximate surface area is 212 Å². The maximum Gasteiger partial charge on any atom is 0.255 e. The lowest BCUT2D eigenvalue weighted by Crippen LogP contribution is -2.34. The monoisotopic (exact) mass is 485 g/mol. The van der Waals surface area contributed by atoms with Crippen molar-refractivity contribution in [2.45, 2.75) is 39.0 Å². The summed E-state index contributed by atoms with van der Waals surface area (Å²) < 4.78 is 0. The second-order valence-electron chi connectivity index (χ2n) is 9.76. The zero-order valence-electron chi connectivity index (χ0n) is 20.4. The maximum absolute atomic E-state index is 12.6. The molecule has 3 aromatic carbocycles. The van der Waals surface area contributed by atoms with E-state index in [1.807, 2.05) is 43.3 Å². The molecule has 0 atom stereocenters. The normalized spacial score (nSPS) is 14.9. The average molecular weight is 486 g/mol. The number of hydrogen-bond donors (Lipinski definition) is 2. The number of nitrogens with one attached hydrogen (secondary N) is 2. The van der Waals surface area contributed by atoms with Gasteiger partial charge in [0.2, 0.25) is 0 Å². The summed E-state index contributed by atoms with van der Waals surface area (Å²) >= 11 is 6.25. The molecule has 1 aliphatic rings. The largest absolute Gasteiger partial charge is 0.361 e. The zero-order valence-corrected chi connectivity index (χ0v) is 21.2. The number of nitrogens with zero attached hydrogens (tertiary/aromatic N) is 1. The van der Waals surface area contributed by atoms with Crippen molar-refractivity contribution < 1.29 is 4.79 Å². The minimum absolute atomic E-state index is 0.0690. The number of aromatic amines is 1. The van der Waals surface area contributed by atoms with Gasteiger partial charge in [-0.05, 0) is 111 Å². The van der Waals surface area contributed by atoms with Crippen LogP contribution in [0.5, 0.6) is 0 Å². The number of aromatic nitrogens is 1. The number of amides is 1. The summed E-state index contributed by atoms with van der Waals surface area (Å²) in [6.07, 6.45) is 5.46. The second kappa shape index (κ2) is 10.3. The number of carbonyl (C=O) groups is 1. The van der Waals surface area contributed by atoms with Crippen LogP contribution in [0.2, 0.25) is 5.02 Å². The highest BCUT2D eigenvalue weighted by atomic mass is 35.5. The summed E-state index contributed by atoms with van der Waals surface area (Å²) in [5, 5.41) is 5.11. The first kappa shape index (κ1) is 23.7. The van der Waals surface area contributed by atoms with Crippen LogP contribution in [0.4, 0.5) is 5.69 Å². The standard InChI is InChI=1S/C30H32ClN3O/c1-20-3-6-23(7-4-20)30(35)33-26-9-5-21(2)24(17-26)13-16-34-14-11-22(12-15-34)28-19-32-29-10-8-25(31)18-27(28)29/h3-10,17-19,22,32H,11-16H2,1-2H3,(H,33,35). The van der Waals surface area contributed by atoms with Gasteiger partial charge < -0.3 is 15.2 Å². The number of rotatable bonds is 6. The Morgan fingerprint density at radius 2 is 1.80 bits per heavy atom. The van der Waals surface area contributed by atoms with Crippen molar-refractivity contribution in [3.8, 4) is 0 Å². The van der Waals surface area contributed by atoms with Gasteiger partial charge in [0.05, 0.1) is 0 Å². The minimum atomic E-state index is -0.0690. The molecule has 0 unspecified atom stereocenters. The molecular formula is C30H32ClN3O. The van der Waals surface area contributed by atoms with E-state index in [0.29, 0.717) is 11.5 Å².